The van der Waals surface area contributed by atoms with Crippen molar-refractivity contribution in [2.24, 2.45) is 11.8 Å². The number of carboxylic acid groups (broad SMARTS) is 1. The number of aliphatic carboxylic acids is 1. The van der Waals surface area contributed by atoms with Gasteiger partial charge in [0.25, 0.3) is 11.8 Å². The largest absolute Gasteiger partial charge is 0.479 e. The molecule has 0 aliphatic carbocycles. The molecule has 0 bridgehead atoms. The molecule has 25 heavy (non-hydrogen) atoms. The summed E-state index contributed by atoms with van der Waals surface area (Å²) in [4.78, 5) is 40.7. The summed E-state index contributed by atoms with van der Waals surface area (Å²) < 4.78 is 5.69. The van der Waals surface area contributed by atoms with E-state index >= 15 is 0 Å². The van der Waals surface area contributed by atoms with Gasteiger partial charge in [0, 0.05) is 12.5 Å². The molecule has 3 rings (SSSR count). The normalized spacial score (nSPS) is 37.9. The van der Waals surface area contributed by atoms with E-state index in [-0.39, 0.29) is 11.8 Å². The van der Waals surface area contributed by atoms with Crippen LogP contribution in [0.2, 0.25) is 0 Å². The van der Waals surface area contributed by atoms with Crippen LogP contribution in [0.3, 0.4) is 0 Å². The fourth-order valence-corrected chi connectivity index (χ4v) is 4.37. The van der Waals surface area contributed by atoms with Crippen LogP contribution >= 0.6 is 0 Å². The van der Waals surface area contributed by atoms with Gasteiger partial charge in [0.2, 0.25) is 11.5 Å². The number of carboxylic acids is 1. The molecule has 3 heterocycles. The third-order valence-electron chi connectivity index (χ3n) is 5.59. The number of fused-ring (bicyclic) bond motifs is 3. The Labute approximate surface area is 146 Å². The summed E-state index contributed by atoms with van der Waals surface area (Å²) in [6.07, 6.45) is 1.49. The van der Waals surface area contributed by atoms with Gasteiger partial charge in [-0.25, -0.2) is 4.79 Å². The highest BCUT2D eigenvalue weighted by Crippen LogP contribution is 2.48. The van der Waals surface area contributed by atoms with Gasteiger partial charge < -0.3 is 19.8 Å². The molecule has 0 aromatic heterocycles. The summed E-state index contributed by atoms with van der Waals surface area (Å²) in [7, 11) is 0. The zero-order valence-electron chi connectivity index (χ0n) is 15.1. The van der Waals surface area contributed by atoms with E-state index < -0.39 is 41.4 Å². The van der Waals surface area contributed by atoms with Crippen molar-refractivity contribution >= 4 is 17.8 Å². The Bertz CT molecular complexity index is 620. The van der Waals surface area contributed by atoms with E-state index in [1.807, 2.05) is 13.8 Å². The van der Waals surface area contributed by atoms with Crippen LogP contribution in [-0.4, -0.2) is 67.9 Å². The molecular weight excluding hydrogens is 328 g/mol. The van der Waals surface area contributed by atoms with E-state index in [9.17, 15) is 24.6 Å². The molecule has 3 aliphatic heterocycles. The lowest BCUT2D eigenvalue weighted by atomic mass is 9.88. The van der Waals surface area contributed by atoms with Gasteiger partial charge in [-0.15, -0.1) is 0 Å². The van der Waals surface area contributed by atoms with Crippen molar-refractivity contribution in [1.82, 2.24) is 9.80 Å². The van der Waals surface area contributed by atoms with Crippen LogP contribution < -0.4 is 0 Å². The first-order valence-electron chi connectivity index (χ1n) is 8.87. The van der Waals surface area contributed by atoms with E-state index in [1.165, 1.54) is 0 Å². The molecule has 1 unspecified atom stereocenters. The number of ether oxygens (including phenoxy) is 1. The average molecular weight is 354 g/mol. The number of carbonyl (C=O) groups excluding carboxylic acids is 2. The molecular formula is C17H26N2O6. The highest BCUT2D eigenvalue weighted by atomic mass is 16.7. The standard InChI is InChI=1S/C17H26N2O6/c1-9(2)8-11-13(20)18-7-5-6-12(18)17(24)19(11)14(21)16(25-17,10(3)4)15(22)23/h9-12,24H,5-8H2,1-4H3,(H,22,23)/t11-,12?,16+,17-/m0/s1. The minimum atomic E-state index is -2.18. The zero-order valence-corrected chi connectivity index (χ0v) is 15.1. The van der Waals surface area contributed by atoms with Crippen LogP contribution in [0.15, 0.2) is 0 Å². The van der Waals surface area contributed by atoms with Crippen molar-refractivity contribution in [3.05, 3.63) is 0 Å². The van der Waals surface area contributed by atoms with Gasteiger partial charge in [0.1, 0.15) is 12.1 Å². The number of carbonyl (C=O) groups is 3. The Morgan fingerprint density at radius 3 is 2.48 bits per heavy atom. The fourth-order valence-electron chi connectivity index (χ4n) is 4.37. The molecule has 8 heteroatoms. The summed E-state index contributed by atoms with van der Waals surface area (Å²) in [6.45, 7) is 7.44. The molecule has 0 aromatic carbocycles. The quantitative estimate of drug-likeness (QED) is 0.707. The molecule has 3 aliphatic rings. The zero-order chi connectivity index (χ0) is 18.7. The highest BCUT2D eigenvalue weighted by Gasteiger charge is 2.73. The lowest BCUT2D eigenvalue weighted by Crippen LogP contribution is -2.71. The Morgan fingerprint density at radius 1 is 1.32 bits per heavy atom. The van der Waals surface area contributed by atoms with Gasteiger partial charge >= 0.3 is 5.97 Å². The number of nitrogens with zero attached hydrogens (tertiary/aromatic N) is 2. The van der Waals surface area contributed by atoms with E-state index in [2.05, 4.69) is 0 Å². The first-order valence-corrected chi connectivity index (χ1v) is 8.87. The Balaban J connectivity index is 2.15. The van der Waals surface area contributed by atoms with Gasteiger partial charge in [-0.05, 0) is 25.2 Å². The van der Waals surface area contributed by atoms with Gasteiger partial charge in [-0.3, -0.25) is 14.5 Å². The molecule has 3 fully saturated rings. The van der Waals surface area contributed by atoms with Crippen molar-refractivity contribution < 1.29 is 29.3 Å². The number of rotatable bonds is 4. The number of aliphatic hydroxyl groups is 1. The second-order valence-electron chi connectivity index (χ2n) is 7.97. The lowest BCUT2D eigenvalue weighted by Gasteiger charge is -2.49. The molecule has 0 radical (unpaired) electrons. The molecule has 2 amide bonds. The first-order chi connectivity index (χ1) is 11.6. The smallest absolute Gasteiger partial charge is 0.346 e. The third kappa shape index (κ3) is 2.23. The second-order valence-corrected chi connectivity index (χ2v) is 7.97. The van der Waals surface area contributed by atoms with Gasteiger partial charge in [0.15, 0.2) is 0 Å². The number of amides is 2. The van der Waals surface area contributed by atoms with Crippen LogP contribution in [0.5, 0.6) is 0 Å². The maximum absolute atomic E-state index is 13.2. The van der Waals surface area contributed by atoms with Crippen molar-refractivity contribution in [3.63, 3.8) is 0 Å². The second kappa shape index (κ2) is 5.67. The monoisotopic (exact) mass is 354 g/mol. The molecule has 0 aromatic rings. The first kappa shape index (κ1) is 18.1. The van der Waals surface area contributed by atoms with E-state index in [1.54, 1.807) is 18.7 Å². The summed E-state index contributed by atoms with van der Waals surface area (Å²) in [5.41, 5.74) is -2.18. The van der Waals surface area contributed by atoms with Crippen LogP contribution in [0.4, 0.5) is 0 Å². The van der Waals surface area contributed by atoms with Crippen LogP contribution in [0.25, 0.3) is 0 Å². The topological polar surface area (TPSA) is 107 Å². The molecule has 0 saturated carbocycles. The van der Waals surface area contributed by atoms with Crippen molar-refractivity contribution in [3.8, 4) is 0 Å². The SMILES string of the molecule is CC(C)C[C@H]1C(=O)N2CCCC2[C@]2(O)O[C@](C(=O)O)(C(C)C)C(=O)N12. The Morgan fingerprint density at radius 2 is 1.96 bits per heavy atom. The molecule has 4 atom stereocenters. The van der Waals surface area contributed by atoms with Crippen LogP contribution in [0, 0.1) is 11.8 Å². The fraction of sp³-hybridized carbons (Fsp3) is 0.824. The van der Waals surface area contributed by atoms with Crippen molar-refractivity contribution in [2.45, 2.75) is 70.6 Å². The number of hydrogen-bond donors (Lipinski definition) is 2. The molecule has 0 spiro atoms. The van der Waals surface area contributed by atoms with Crippen LogP contribution in [0.1, 0.15) is 47.0 Å². The summed E-state index contributed by atoms with van der Waals surface area (Å²) in [6, 6.07) is -1.64. The van der Waals surface area contributed by atoms with E-state index in [0.29, 0.717) is 25.8 Å². The van der Waals surface area contributed by atoms with E-state index in [0.717, 1.165) is 4.90 Å². The molecule has 8 nitrogen and oxygen atoms in total. The van der Waals surface area contributed by atoms with Gasteiger partial charge in [0.05, 0.1) is 0 Å². The van der Waals surface area contributed by atoms with Crippen molar-refractivity contribution in [1.29, 1.82) is 0 Å². The maximum Gasteiger partial charge on any atom is 0.346 e. The summed E-state index contributed by atoms with van der Waals surface area (Å²) in [5, 5.41) is 21.1. The molecule has 140 valence electrons. The summed E-state index contributed by atoms with van der Waals surface area (Å²) in [5.74, 6) is -5.20. The number of hydrogen-bond acceptors (Lipinski definition) is 5. The molecule has 3 saturated heterocycles. The van der Waals surface area contributed by atoms with E-state index in [4.69, 9.17) is 4.74 Å². The van der Waals surface area contributed by atoms with Gasteiger partial charge in [-0.2, -0.15) is 0 Å². The number of piperazine rings is 1. The predicted octanol–water partition coefficient (Wildman–Crippen LogP) is 0.390. The predicted molar refractivity (Wildman–Crippen MR) is 86.1 cm³/mol. The Hall–Kier alpha value is -1.67. The van der Waals surface area contributed by atoms with Crippen LogP contribution in [-0.2, 0) is 19.1 Å². The molecule has 2 N–H and O–H groups in total. The Kier molecular flexibility index (Phi) is 4.11. The third-order valence-corrected chi connectivity index (χ3v) is 5.59. The minimum absolute atomic E-state index is 0.0871. The average Bonchev–Trinajstić information content (AvgIpc) is 3.07. The maximum atomic E-state index is 13.2. The summed E-state index contributed by atoms with van der Waals surface area (Å²) >= 11 is 0. The highest BCUT2D eigenvalue weighted by molar-refractivity contribution is 6.09. The lowest BCUT2D eigenvalue weighted by molar-refractivity contribution is -0.317. The minimum Gasteiger partial charge on any atom is -0.479 e. The van der Waals surface area contributed by atoms with Gasteiger partial charge in [-0.1, -0.05) is 27.7 Å². The van der Waals surface area contributed by atoms with Crippen molar-refractivity contribution in [2.75, 3.05) is 6.54 Å².